The summed E-state index contributed by atoms with van der Waals surface area (Å²) in [5.41, 5.74) is 4.08. The van der Waals surface area contributed by atoms with Crippen LogP contribution in [0, 0.1) is 46.8 Å². The molecule has 0 bridgehead atoms. The fourth-order valence-corrected chi connectivity index (χ4v) is 9.89. The number of carbonyl (C=O) groups is 2. The number of anilines is 2. The van der Waals surface area contributed by atoms with Gasteiger partial charge in [0.05, 0.1) is 44.6 Å². The van der Waals surface area contributed by atoms with Crippen LogP contribution in [0.5, 0.6) is 0 Å². The largest absolute Gasteiger partial charge is 0.378 e. The van der Waals surface area contributed by atoms with E-state index in [1.165, 1.54) is 6.20 Å². The molecule has 2 saturated heterocycles. The summed E-state index contributed by atoms with van der Waals surface area (Å²) in [6.07, 6.45) is 21.2. The van der Waals surface area contributed by atoms with Crippen molar-refractivity contribution < 1.29 is 19.8 Å². The average molecular weight is 1190 g/mol. The Morgan fingerprint density at radius 2 is 1.10 bits per heavy atom. The molecule has 0 atom stereocenters. The maximum atomic E-state index is 12.8. The lowest BCUT2D eigenvalue weighted by Crippen LogP contribution is -2.53. The van der Waals surface area contributed by atoms with Gasteiger partial charge >= 0.3 is 0 Å². The van der Waals surface area contributed by atoms with Crippen molar-refractivity contribution in [3.05, 3.63) is 153 Å². The molecule has 2 aliphatic rings. The number of hydrogen-bond donors (Lipinski definition) is 4. The van der Waals surface area contributed by atoms with E-state index < -0.39 is 11.2 Å². The highest BCUT2D eigenvalue weighted by Gasteiger charge is 2.35. The molecule has 0 saturated carbocycles. The molecule has 412 valence electrons. The summed E-state index contributed by atoms with van der Waals surface area (Å²) in [7, 11) is 0. The minimum absolute atomic E-state index is 0.229. The zero-order valence-corrected chi connectivity index (χ0v) is 48.4. The SMILES string of the molecule is C#CC(C)(C)O.CC(C)(O)C#Cc1cc(-c2ccc(N3CCC(C)(NC(=O)c4ncccc4Cl)CC3)nc2)c2c(C#N)cnn2c1.CC1(NC(=O)c2ncccc2Cl)CCN(c2ccc(-c3cc(Br)cn4ncc(C#N)c34)cn2)CC1. The molecule has 2 fully saturated rings. The summed E-state index contributed by atoms with van der Waals surface area (Å²) in [5.74, 6) is 9.15. The zero-order chi connectivity index (χ0) is 58.3. The number of nitrogens with one attached hydrogen (secondary N) is 2. The molecule has 0 unspecified atom stereocenters. The third-order valence-electron chi connectivity index (χ3n) is 13.6. The first kappa shape index (κ1) is 58.7. The van der Waals surface area contributed by atoms with Gasteiger partial charge in [-0.1, -0.05) is 41.0 Å². The molecule has 8 aromatic heterocycles. The van der Waals surface area contributed by atoms with Crippen molar-refractivity contribution >= 4 is 73.6 Å². The van der Waals surface area contributed by atoms with Gasteiger partial charge in [0.25, 0.3) is 11.8 Å². The first-order valence-electron chi connectivity index (χ1n) is 25.7. The molecular formula is C60H57BrCl2N14O4. The number of pyridine rings is 6. The molecule has 8 aromatic rings. The smallest absolute Gasteiger partial charge is 0.271 e. The second-order valence-corrected chi connectivity index (χ2v) is 22.9. The van der Waals surface area contributed by atoms with Crippen LogP contribution in [0.3, 0.4) is 0 Å². The van der Waals surface area contributed by atoms with Crippen LogP contribution in [-0.4, -0.2) is 110 Å². The minimum atomic E-state index is -1.14. The monoisotopic (exact) mass is 1190 g/mol. The molecule has 18 nitrogen and oxygen atoms in total. The van der Waals surface area contributed by atoms with Crippen LogP contribution in [0.2, 0.25) is 10.0 Å². The van der Waals surface area contributed by atoms with Crippen molar-refractivity contribution in [2.24, 2.45) is 0 Å². The Kier molecular flexibility index (Phi) is 17.8. The highest BCUT2D eigenvalue weighted by atomic mass is 79.9. The van der Waals surface area contributed by atoms with Crippen molar-refractivity contribution in [3.8, 4) is 58.6 Å². The second-order valence-electron chi connectivity index (χ2n) is 21.1. The predicted molar refractivity (Wildman–Crippen MR) is 315 cm³/mol. The van der Waals surface area contributed by atoms with Crippen LogP contribution in [0.15, 0.2) is 115 Å². The number of carbonyl (C=O) groups excluding carboxylic acids is 2. The summed E-state index contributed by atoms with van der Waals surface area (Å²) in [5, 5.41) is 53.2. The first-order valence-corrected chi connectivity index (χ1v) is 27.3. The van der Waals surface area contributed by atoms with E-state index in [0.29, 0.717) is 45.3 Å². The van der Waals surface area contributed by atoms with Crippen LogP contribution >= 0.6 is 39.1 Å². The van der Waals surface area contributed by atoms with E-state index in [1.807, 2.05) is 62.6 Å². The van der Waals surface area contributed by atoms with Crippen molar-refractivity contribution in [2.45, 2.75) is 89.5 Å². The van der Waals surface area contributed by atoms with Gasteiger partial charge in [0.2, 0.25) is 0 Å². The van der Waals surface area contributed by atoms with E-state index in [9.17, 15) is 25.2 Å². The van der Waals surface area contributed by atoms with E-state index in [1.54, 1.807) is 92.0 Å². The van der Waals surface area contributed by atoms with Gasteiger partial charge in [0.1, 0.15) is 46.4 Å². The standard InChI is InChI=1S/C30H28ClN7O2.C25H21BrClN7O.C5H8O/c1-29(2,40)9-8-20-15-23(27-22(16-32)18-35-38(27)19-20)21-6-7-25(34-17-21)37-13-10-30(3,11-14-37)36-28(39)26-24(31)5-4-12-33-26;1-25(32-24(35)22-20(27)3-2-8-29-22)6-9-33(10-7-25)21-5-4-16(13-30-21)19-11-18(26)15-34-23(19)17(12-28)14-31-34;1-4-5(2,3)6/h4-7,12,15,17-19,40H,10-11,13-14H2,1-3H3,(H,36,39);2-5,8,11,13-15H,6-7,9-10H2,1H3,(H,32,35);1,6H,2-3H3. The van der Waals surface area contributed by atoms with Gasteiger partial charge in [-0.15, -0.1) is 6.42 Å². The predicted octanol–water partition coefficient (Wildman–Crippen LogP) is 9.49. The zero-order valence-electron chi connectivity index (χ0n) is 45.3. The van der Waals surface area contributed by atoms with Crippen molar-refractivity contribution in [1.29, 1.82) is 10.5 Å². The lowest BCUT2D eigenvalue weighted by molar-refractivity contribution is 0.0877. The number of amides is 2. The molecule has 4 N–H and O–H groups in total. The second kappa shape index (κ2) is 24.5. The number of fused-ring (bicyclic) bond motifs is 2. The molecule has 0 aromatic carbocycles. The van der Waals surface area contributed by atoms with Crippen LogP contribution < -0.4 is 20.4 Å². The van der Waals surface area contributed by atoms with Gasteiger partial charge in [0.15, 0.2) is 0 Å². The Morgan fingerprint density at radius 1 is 0.667 bits per heavy atom. The van der Waals surface area contributed by atoms with E-state index in [-0.39, 0.29) is 34.3 Å². The van der Waals surface area contributed by atoms with E-state index in [2.05, 4.69) is 86.4 Å². The maximum absolute atomic E-state index is 12.8. The number of rotatable bonds is 8. The number of aromatic nitrogens is 8. The topological polar surface area (TPSA) is 239 Å². The number of nitrogens with zero attached hydrogens (tertiary/aromatic N) is 12. The molecular weight excluding hydrogens is 1130 g/mol. The molecule has 21 heteroatoms. The van der Waals surface area contributed by atoms with Gasteiger partial charge in [-0.2, -0.15) is 20.7 Å². The average Bonchev–Trinajstić information content (AvgIpc) is 4.29. The number of terminal acetylenes is 1. The highest BCUT2D eigenvalue weighted by molar-refractivity contribution is 9.10. The van der Waals surface area contributed by atoms with Gasteiger partial charge in [-0.25, -0.2) is 29.0 Å². The third kappa shape index (κ3) is 14.5. The fourth-order valence-electron chi connectivity index (χ4n) is 9.05. The number of halogens is 3. The molecule has 0 spiro atoms. The normalized spacial score (nSPS) is 14.6. The quantitative estimate of drug-likeness (QED) is 0.104. The lowest BCUT2D eigenvalue weighted by atomic mass is 9.89. The van der Waals surface area contributed by atoms with Crippen molar-refractivity contribution in [1.82, 2.24) is 49.8 Å². The fraction of sp³-hybridized carbons (Fsp3) is 0.300. The number of aliphatic hydroxyl groups is 2. The molecule has 2 aliphatic heterocycles. The van der Waals surface area contributed by atoms with Crippen LogP contribution in [0.1, 0.15) is 105 Å². The van der Waals surface area contributed by atoms with Gasteiger partial charge in [0, 0.05) is 107 Å². The molecule has 0 aliphatic carbocycles. The molecule has 81 heavy (non-hydrogen) atoms. The van der Waals surface area contributed by atoms with Crippen molar-refractivity contribution in [2.75, 3.05) is 36.0 Å². The van der Waals surface area contributed by atoms with Gasteiger partial charge < -0.3 is 30.6 Å². The summed E-state index contributed by atoms with van der Waals surface area (Å²) >= 11 is 15.8. The summed E-state index contributed by atoms with van der Waals surface area (Å²) in [6.45, 7) is 13.4. The summed E-state index contributed by atoms with van der Waals surface area (Å²) in [6, 6.07) is 22.9. The number of piperidine rings is 2. The number of nitriles is 2. The van der Waals surface area contributed by atoms with E-state index >= 15 is 0 Å². The van der Waals surface area contributed by atoms with Crippen LogP contribution in [0.25, 0.3) is 33.3 Å². The van der Waals surface area contributed by atoms with Gasteiger partial charge in [-0.05, 0) is 144 Å². The Hall–Kier alpha value is -8.40. The highest BCUT2D eigenvalue weighted by Crippen LogP contribution is 2.34. The molecule has 10 heterocycles. The Balaban J connectivity index is 0.000000194. The van der Waals surface area contributed by atoms with E-state index in [4.69, 9.17) is 44.7 Å². The van der Waals surface area contributed by atoms with Crippen LogP contribution in [0.4, 0.5) is 11.6 Å². The summed E-state index contributed by atoms with van der Waals surface area (Å²) < 4.78 is 4.19. The Labute approximate surface area is 487 Å². The Morgan fingerprint density at radius 3 is 1.48 bits per heavy atom. The molecule has 2 amide bonds. The lowest BCUT2D eigenvalue weighted by Gasteiger charge is -2.40. The van der Waals surface area contributed by atoms with Gasteiger partial charge in [-0.3, -0.25) is 9.59 Å². The number of hydrogen-bond acceptors (Lipinski definition) is 14. The maximum Gasteiger partial charge on any atom is 0.271 e. The molecule has 10 rings (SSSR count). The Bertz CT molecular complexity index is 3820. The minimum Gasteiger partial charge on any atom is -0.378 e. The van der Waals surface area contributed by atoms with E-state index in [0.717, 1.165) is 82.7 Å². The first-order chi connectivity index (χ1) is 38.5. The third-order valence-corrected chi connectivity index (χ3v) is 14.6. The molecule has 0 radical (unpaired) electrons. The van der Waals surface area contributed by atoms with Crippen molar-refractivity contribution in [3.63, 3.8) is 0 Å². The summed E-state index contributed by atoms with van der Waals surface area (Å²) in [4.78, 5) is 47.5. The van der Waals surface area contributed by atoms with Crippen LogP contribution in [-0.2, 0) is 0 Å².